The summed E-state index contributed by atoms with van der Waals surface area (Å²) in [7, 11) is 1.37. The van der Waals surface area contributed by atoms with Crippen molar-refractivity contribution in [1.29, 1.82) is 0 Å². The zero-order chi connectivity index (χ0) is 19.6. The second kappa shape index (κ2) is 10.0. The minimum absolute atomic E-state index is 0.0880. The molecule has 0 aliphatic carbocycles. The summed E-state index contributed by atoms with van der Waals surface area (Å²) in [6.07, 6.45) is 5.18. The number of aromatic nitrogens is 2. The van der Waals surface area contributed by atoms with Gasteiger partial charge in [-0.05, 0) is 25.4 Å². The predicted molar refractivity (Wildman–Crippen MR) is 103 cm³/mol. The van der Waals surface area contributed by atoms with Crippen LogP contribution < -0.4 is 5.32 Å². The lowest BCUT2D eigenvalue weighted by Crippen LogP contribution is -2.32. The first-order valence-electron chi connectivity index (χ1n) is 7.95. The van der Waals surface area contributed by atoms with Crippen molar-refractivity contribution >= 4 is 28.9 Å². The summed E-state index contributed by atoms with van der Waals surface area (Å²) < 4.78 is 3.88. The van der Waals surface area contributed by atoms with Gasteiger partial charge in [0.25, 0.3) is 5.91 Å². The summed E-state index contributed by atoms with van der Waals surface area (Å²) in [6.45, 7) is 3.93. The van der Waals surface area contributed by atoms with Crippen LogP contribution in [0.3, 0.4) is 0 Å². The first-order chi connectivity index (χ1) is 13.1. The van der Waals surface area contributed by atoms with Gasteiger partial charge in [-0.1, -0.05) is 45.0 Å². The van der Waals surface area contributed by atoms with E-state index in [-0.39, 0.29) is 18.9 Å². The molecule has 0 fully saturated rings. The van der Waals surface area contributed by atoms with Gasteiger partial charge in [-0.3, -0.25) is 4.79 Å². The highest BCUT2D eigenvalue weighted by atomic mass is 32.1. The third kappa shape index (κ3) is 5.36. The highest BCUT2D eigenvalue weighted by Gasteiger charge is 2.18. The van der Waals surface area contributed by atoms with Crippen molar-refractivity contribution in [3.05, 3.63) is 46.0 Å². The monoisotopic (exact) mass is 385 g/mol. The van der Waals surface area contributed by atoms with Crippen LogP contribution in [0.2, 0.25) is 0 Å². The molecule has 0 aliphatic heterocycles. The highest BCUT2D eigenvalue weighted by Crippen LogP contribution is 2.14. The predicted octanol–water partition coefficient (Wildman–Crippen LogP) is 1.89. The molecule has 9 heteroatoms. The molecule has 0 bridgehead atoms. The van der Waals surface area contributed by atoms with E-state index < -0.39 is 5.91 Å². The number of benzene rings is 1. The van der Waals surface area contributed by atoms with Gasteiger partial charge in [0.1, 0.15) is 25.1 Å². The molecule has 1 aromatic carbocycles. The maximum atomic E-state index is 12.3. The smallest absolute Gasteiger partial charge is 0.274 e. The number of aryl methyl sites for hydroxylation is 1. The van der Waals surface area contributed by atoms with Gasteiger partial charge in [0.05, 0.1) is 11.4 Å². The van der Waals surface area contributed by atoms with E-state index in [1.165, 1.54) is 18.6 Å². The van der Waals surface area contributed by atoms with E-state index in [2.05, 4.69) is 31.1 Å². The lowest BCUT2D eigenvalue weighted by atomic mass is 10.0. The molecule has 8 nitrogen and oxygen atoms in total. The first-order valence-corrected chi connectivity index (χ1v) is 8.72. The maximum Gasteiger partial charge on any atom is 0.274 e. The number of oxime groups is 2. The Kier molecular flexibility index (Phi) is 7.46. The number of rotatable bonds is 8. The summed E-state index contributed by atoms with van der Waals surface area (Å²) >= 11 is 1.30. The Morgan fingerprint density at radius 3 is 2.81 bits per heavy atom. The number of hydrogen-bond donors (Lipinski definition) is 1. The van der Waals surface area contributed by atoms with Gasteiger partial charge >= 0.3 is 0 Å². The number of nitrogens with zero attached hydrogens (tertiary/aromatic N) is 4. The van der Waals surface area contributed by atoms with E-state index in [9.17, 15) is 4.79 Å². The van der Waals surface area contributed by atoms with Gasteiger partial charge in [-0.25, -0.2) is 0 Å². The molecule has 0 saturated carbocycles. The molecule has 140 valence electrons. The molecule has 2 aromatic rings. The van der Waals surface area contributed by atoms with Crippen molar-refractivity contribution in [2.45, 2.75) is 20.5 Å². The molecule has 1 amide bonds. The Morgan fingerprint density at radius 2 is 2.15 bits per heavy atom. The molecule has 1 heterocycles. The maximum absolute atomic E-state index is 12.3. The standard InChI is InChI=1S/C18H19N5O3S/c1-5-10-19-18(24)17(22-25-4)15-9-7-6-8-14(15)11-26-21-12(2)16-13(3)27-23-20-16/h1,6-9H,10-11H2,2-4H3,(H,19,24)/b21-12-,22-17-. The molecule has 0 aliphatic rings. The van der Waals surface area contributed by atoms with Crippen molar-refractivity contribution in [2.75, 3.05) is 13.7 Å². The molecule has 1 N–H and O–H groups in total. The Hall–Kier alpha value is -3.25. The van der Waals surface area contributed by atoms with Crippen LogP contribution in [0.25, 0.3) is 0 Å². The molecule has 0 spiro atoms. The van der Waals surface area contributed by atoms with E-state index in [0.29, 0.717) is 22.5 Å². The van der Waals surface area contributed by atoms with E-state index in [1.807, 2.05) is 19.1 Å². The average molecular weight is 385 g/mol. The van der Waals surface area contributed by atoms with E-state index in [4.69, 9.17) is 16.1 Å². The molecular formula is C18H19N5O3S. The topological polar surface area (TPSA) is 98.1 Å². The molecule has 0 unspecified atom stereocenters. The Balaban J connectivity index is 2.19. The highest BCUT2D eigenvalue weighted by molar-refractivity contribution is 7.05. The molecule has 27 heavy (non-hydrogen) atoms. The fourth-order valence-corrected chi connectivity index (χ4v) is 2.72. The van der Waals surface area contributed by atoms with Crippen LogP contribution in [0.15, 0.2) is 34.6 Å². The number of hydrogen-bond acceptors (Lipinski definition) is 8. The third-order valence-electron chi connectivity index (χ3n) is 3.44. The molecule has 0 radical (unpaired) electrons. The molecule has 2 rings (SSSR count). The number of carbonyl (C=O) groups excluding carboxylic acids is 1. The molecule has 0 atom stereocenters. The lowest BCUT2D eigenvalue weighted by Gasteiger charge is -2.10. The summed E-state index contributed by atoms with van der Waals surface area (Å²) in [5, 5.41) is 14.5. The Labute approximate surface area is 161 Å². The van der Waals surface area contributed by atoms with Crippen LogP contribution in [0, 0.1) is 19.3 Å². The Bertz CT molecular complexity index is 898. The van der Waals surface area contributed by atoms with Crippen LogP contribution in [-0.4, -0.2) is 40.6 Å². The number of carbonyl (C=O) groups is 1. The SMILES string of the molecule is C#CCNC(=O)/C(=N\OC)c1ccccc1CO/N=C(/C)c1nnsc1C. The number of terminal acetylenes is 1. The molecule has 0 saturated heterocycles. The van der Waals surface area contributed by atoms with Crippen molar-refractivity contribution < 1.29 is 14.5 Å². The second-order valence-corrected chi connectivity index (χ2v) is 6.25. The van der Waals surface area contributed by atoms with Gasteiger partial charge in [-0.2, -0.15) is 0 Å². The van der Waals surface area contributed by atoms with Gasteiger partial charge in [0, 0.05) is 11.1 Å². The summed E-state index contributed by atoms with van der Waals surface area (Å²) in [6, 6.07) is 7.18. The number of amides is 1. The van der Waals surface area contributed by atoms with Gasteiger partial charge < -0.3 is 15.0 Å². The van der Waals surface area contributed by atoms with E-state index >= 15 is 0 Å². The van der Waals surface area contributed by atoms with Crippen LogP contribution in [0.4, 0.5) is 0 Å². The summed E-state index contributed by atoms with van der Waals surface area (Å²) in [5.41, 5.74) is 2.70. The third-order valence-corrected chi connectivity index (χ3v) is 4.07. The minimum Gasteiger partial charge on any atom is -0.398 e. The largest absolute Gasteiger partial charge is 0.398 e. The van der Waals surface area contributed by atoms with E-state index in [0.717, 1.165) is 4.88 Å². The van der Waals surface area contributed by atoms with Crippen LogP contribution in [0.5, 0.6) is 0 Å². The number of nitrogens with one attached hydrogen (secondary N) is 1. The van der Waals surface area contributed by atoms with Crippen molar-refractivity contribution in [1.82, 2.24) is 14.9 Å². The van der Waals surface area contributed by atoms with Crippen LogP contribution >= 0.6 is 11.5 Å². The van der Waals surface area contributed by atoms with Crippen molar-refractivity contribution in [3.8, 4) is 12.3 Å². The molecule has 1 aromatic heterocycles. The lowest BCUT2D eigenvalue weighted by molar-refractivity contribution is -0.114. The summed E-state index contributed by atoms with van der Waals surface area (Å²) in [5.74, 6) is 1.91. The quantitative estimate of drug-likeness (QED) is 0.425. The fraction of sp³-hybridized carbons (Fsp3) is 0.278. The van der Waals surface area contributed by atoms with Crippen LogP contribution in [0.1, 0.15) is 28.6 Å². The van der Waals surface area contributed by atoms with Crippen molar-refractivity contribution in [3.63, 3.8) is 0 Å². The fourth-order valence-electron chi connectivity index (χ4n) is 2.20. The van der Waals surface area contributed by atoms with Crippen LogP contribution in [-0.2, 0) is 21.1 Å². The summed E-state index contributed by atoms with van der Waals surface area (Å²) in [4.78, 5) is 23.5. The average Bonchev–Trinajstić information content (AvgIpc) is 3.10. The van der Waals surface area contributed by atoms with E-state index in [1.54, 1.807) is 19.1 Å². The van der Waals surface area contributed by atoms with Gasteiger partial charge in [0.2, 0.25) is 0 Å². The zero-order valence-electron chi connectivity index (χ0n) is 15.2. The first kappa shape index (κ1) is 20.1. The minimum atomic E-state index is -0.439. The molecular weight excluding hydrogens is 366 g/mol. The van der Waals surface area contributed by atoms with Gasteiger partial charge in [0.15, 0.2) is 5.71 Å². The second-order valence-electron chi connectivity index (χ2n) is 5.29. The van der Waals surface area contributed by atoms with Crippen molar-refractivity contribution in [2.24, 2.45) is 10.3 Å². The van der Waals surface area contributed by atoms with Gasteiger partial charge in [-0.15, -0.1) is 11.5 Å². The Morgan fingerprint density at radius 1 is 1.37 bits per heavy atom. The normalized spacial score (nSPS) is 11.6. The zero-order valence-corrected chi connectivity index (χ0v) is 16.0.